The molecule has 5 heteroatoms. The van der Waals surface area contributed by atoms with Gasteiger partial charge in [-0.15, -0.1) is 11.3 Å². The predicted molar refractivity (Wildman–Crippen MR) is 136 cm³/mol. The number of rotatable bonds is 9. The van der Waals surface area contributed by atoms with Crippen molar-refractivity contribution in [3.63, 3.8) is 0 Å². The Labute approximate surface area is 201 Å². The monoisotopic (exact) mass is 462 g/mol. The maximum Gasteiger partial charge on any atom is 0.242 e. The van der Waals surface area contributed by atoms with Crippen LogP contribution in [0.1, 0.15) is 56.0 Å². The van der Waals surface area contributed by atoms with Crippen LogP contribution in [-0.2, 0) is 22.7 Å². The van der Waals surface area contributed by atoms with Gasteiger partial charge in [0.1, 0.15) is 6.54 Å². The highest BCUT2D eigenvalue weighted by Gasteiger charge is 2.34. The summed E-state index contributed by atoms with van der Waals surface area (Å²) in [6.07, 6.45) is 0.687. The van der Waals surface area contributed by atoms with Gasteiger partial charge in [-0.25, -0.2) is 0 Å². The zero-order chi connectivity index (χ0) is 23.8. The molecule has 1 aromatic heterocycles. The van der Waals surface area contributed by atoms with Gasteiger partial charge < -0.3 is 9.80 Å². The summed E-state index contributed by atoms with van der Waals surface area (Å²) < 4.78 is 0. The first-order valence-corrected chi connectivity index (χ1v) is 12.4. The molecule has 0 aliphatic rings. The van der Waals surface area contributed by atoms with Gasteiger partial charge in [0.25, 0.3) is 0 Å². The fraction of sp³-hybridized carbons (Fsp3) is 0.357. The Kier molecular flexibility index (Phi) is 8.45. The summed E-state index contributed by atoms with van der Waals surface area (Å²) >= 11 is 1.64. The van der Waals surface area contributed by atoms with Gasteiger partial charge in [0.05, 0.1) is 12.5 Å². The smallest absolute Gasteiger partial charge is 0.242 e. The second-order valence-corrected chi connectivity index (χ2v) is 10.3. The van der Waals surface area contributed by atoms with Gasteiger partial charge >= 0.3 is 0 Å². The third kappa shape index (κ3) is 6.78. The number of nitrogens with zero attached hydrogens (tertiary/aromatic N) is 2. The van der Waals surface area contributed by atoms with Gasteiger partial charge in [-0.2, -0.15) is 0 Å². The molecule has 3 rings (SSSR count). The second-order valence-electron chi connectivity index (χ2n) is 9.28. The molecule has 0 aliphatic carbocycles. The van der Waals surface area contributed by atoms with Crippen LogP contribution in [0.5, 0.6) is 0 Å². The zero-order valence-electron chi connectivity index (χ0n) is 20.0. The molecule has 1 unspecified atom stereocenters. The zero-order valence-corrected chi connectivity index (χ0v) is 20.8. The van der Waals surface area contributed by atoms with Crippen LogP contribution in [0.25, 0.3) is 0 Å². The highest BCUT2D eigenvalue weighted by molar-refractivity contribution is 7.09. The maximum atomic E-state index is 13.7. The van der Waals surface area contributed by atoms with E-state index < -0.39 is 5.54 Å². The molecule has 2 aromatic carbocycles. The maximum absolute atomic E-state index is 13.7. The highest BCUT2D eigenvalue weighted by atomic mass is 32.1. The number of carbonyl (C=O) groups is 2. The van der Waals surface area contributed by atoms with Crippen molar-refractivity contribution < 1.29 is 9.59 Å². The molecule has 0 N–H and O–H groups in total. The van der Waals surface area contributed by atoms with Crippen LogP contribution in [0.15, 0.2) is 78.2 Å². The van der Waals surface area contributed by atoms with Crippen LogP contribution in [0.2, 0.25) is 0 Å². The fourth-order valence-electron chi connectivity index (χ4n) is 3.93. The molecule has 0 saturated heterocycles. The molecular formula is C28H34N2O2S. The van der Waals surface area contributed by atoms with Gasteiger partial charge in [0.15, 0.2) is 0 Å². The van der Waals surface area contributed by atoms with Gasteiger partial charge in [-0.05, 0) is 49.8 Å². The van der Waals surface area contributed by atoms with Crippen molar-refractivity contribution in [3.05, 3.63) is 94.2 Å². The second kappa shape index (κ2) is 11.3. The average Bonchev–Trinajstić information content (AvgIpc) is 3.31. The van der Waals surface area contributed by atoms with Crippen LogP contribution in [0.4, 0.5) is 0 Å². The van der Waals surface area contributed by atoms with Gasteiger partial charge in [0.2, 0.25) is 11.8 Å². The van der Waals surface area contributed by atoms with Crippen LogP contribution < -0.4 is 0 Å². The van der Waals surface area contributed by atoms with E-state index in [0.717, 1.165) is 16.0 Å². The number of amides is 2. The minimum atomic E-state index is -0.476. The predicted octanol–water partition coefficient (Wildman–Crippen LogP) is 6.10. The van der Waals surface area contributed by atoms with Crippen LogP contribution in [-0.4, -0.2) is 33.7 Å². The normalized spacial score (nSPS) is 12.2. The number of hydrogen-bond donors (Lipinski definition) is 0. The topological polar surface area (TPSA) is 40.6 Å². The van der Waals surface area contributed by atoms with E-state index in [0.29, 0.717) is 19.5 Å². The molecule has 4 nitrogen and oxygen atoms in total. The summed E-state index contributed by atoms with van der Waals surface area (Å²) in [5, 5.41) is 2.02. The molecule has 1 atom stereocenters. The lowest BCUT2D eigenvalue weighted by molar-refractivity contribution is -0.146. The van der Waals surface area contributed by atoms with Gasteiger partial charge in [-0.1, -0.05) is 73.7 Å². The first kappa shape index (κ1) is 24.7. The number of benzene rings is 2. The van der Waals surface area contributed by atoms with E-state index >= 15 is 0 Å². The number of hydrogen-bond acceptors (Lipinski definition) is 3. The third-order valence-electron chi connectivity index (χ3n) is 5.77. The third-order valence-corrected chi connectivity index (χ3v) is 6.63. The highest BCUT2D eigenvalue weighted by Crippen LogP contribution is 2.26. The summed E-state index contributed by atoms with van der Waals surface area (Å²) in [5.74, 6) is -0.308. The summed E-state index contributed by atoms with van der Waals surface area (Å²) in [6, 6.07) is 23.9. The summed E-state index contributed by atoms with van der Waals surface area (Å²) in [6.45, 7) is 9.12. The van der Waals surface area contributed by atoms with Crippen LogP contribution >= 0.6 is 11.3 Å². The lowest BCUT2D eigenvalue weighted by atomic mass is 9.92. The Morgan fingerprint density at radius 3 is 2.06 bits per heavy atom. The Hall–Kier alpha value is -2.92. The van der Waals surface area contributed by atoms with E-state index in [-0.39, 0.29) is 24.3 Å². The van der Waals surface area contributed by atoms with Crippen molar-refractivity contribution >= 4 is 23.2 Å². The van der Waals surface area contributed by atoms with E-state index in [4.69, 9.17) is 0 Å². The molecule has 0 aliphatic heterocycles. The lowest BCUT2D eigenvalue weighted by Crippen LogP contribution is -2.52. The number of thiophene rings is 1. The molecular weight excluding hydrogens is 428 g/mol. The van der Waals surface area contributed by atoms with Crippen molar-refractivity contribution in [1.29, 1.82) is 0 Å². The van der Waals surface area contributed by atoms with Crippen molar-refractivity contribution in [3.8, 4) is 0 Å². The molecule has 33 heavy (non-hydrogen) atoms. The Bertz CT molecular complexity index is 1010. The molecule has 174 valence electrons. The molecule has 0 saturated carbocycles. The Balaban J connectivity index is 1.84. The molecule has 0 fully saturated rings. The first-order chi connectivity index (χ1) is 15.8. The summed E-state index contributed by atoms with van der Waals surface area (Å²) in [4.78, 5) is 32.1. The summed E-state index contributed by atoms with van der Waals surface area (Å²) in [7, 11) is 0. The standard InChI is InChI=1S/C28H34N2O2S/c1-5-25(23-15-10-7-11-16-23)27(32)30(28(2,3)4)21-26(31)29(20-24-17-12-18-33-24)19-22-13-8-6-9-14-22/h6-18,25H,5,19-21H2,1-4H3. The molecule has 0 spiro atoms. The van der Waals surface area contributed by atoms with Crippen molar-refractivity contribution in [2.24, 2.45) is 0 Å². The molecule has 0 radical (unpaired) electrons. The van der Waals surface area contributed by atoms with Gasteiger partial charge in [-0.3, -0.25) is 9.59 Å². The Morgan fingerprint density at radius 1 is 0.879 bits per heavy atom. The fourth-order valence-corrected chi connectivity index (χ4v) is 4.65. The van der Waals surface area contributed by atoms with E-state index in [1.165, 1.54) is 0 Å². The van der Waals surface area contributed by atoms with Gasteiger partial charge in [0, 0.05) is 17.0 Å². The van der Waals surface area contributed by atoms with Crippen molar-refractivity contribution in [1.82, 2.24) is 9.80 Å². The number of carbonyl (C=O) groups excluding carboxylic acids is 2. The van der Waals surface area contributed by atoms with Crippen molar-refractivity contribution in [2.45, 2.75) is 58.7 Å². The van der Waals surface area contributed by atoms with Crippen molar-refractivity contribution in [2.75, 3.05) is 6.54 Å². The quantitative estimate of drug-likeness (QED) is 0.386. The van der Waals surface area contributed by atoms with E-state index in [9.17, 15) is 9.59 Å². The average molecular weight is 463 g/mol. The lowest BCUT2D eigenvalue weighted by Gasteiger charge is -2.39. The van der Waals surface area contributed by atoms with Crippen LogP contribution in [0, 0.1) is 0 Å². The Morgan fingerprint density at radius 2 is 1.52 bits per heavy atom. The van der Waals surface area contributed by atoms with Crippen LogP contribution in [0.3, 0.4) is 0 Å². The molecule has 0 bridgehead atoms. The first-order valence-electron chi connectivity index (χ1n) is 11.5. The van der Waals surface area contributed by atoms with E-state index in [1.54, 1.807) is 16.2 Å². The largest absolute Gasteiger partial charge is 0.332 e. The minimum absolute atomic E-state index is 0.000310. The van der Waals surface area contributed by atoms with E-state index in [2.05, 4.69) is 0 Å². The molecule has 2 amide bonds. The van der Waals surface area contributed by atoms with E-state index in [1.807, 2.05) is 111 Å². The minimum Gasteiger partial charge on any atom is -0.332 e. The SMILES string of the molecule is CCC(C(=O)N(CC(=O)N(Cc1ccccc1)Cc1cccs1)C(C)(C)C)c1ccccc1. The summed E-state index contributed by atoms with van der Waals surface area (Å²) in [5.41, 5.74) is 1.59. The molecule has 3 aromatic rings. The molecule has 1 heterocycles.